The van der Waals surface area contributed by atoms with Gasteiger partial charge in [0.05, 0.1) is 17.9 Å². The number of carbonyl (C=O) groups is 2. The van der Waals surface area contributed by atoms with Gasteiger partial charge in [-0.1, -0.05) is 41.4 Å². The zero-order chi connectivity index (χ0) is 21.1. The van der Waals surface area contributed by atoms with Gasteiger partial charge in [0.2, 0.25) is 5.91 Å². The van der Waals surface area contributed by atoms with Crippen molar-refractivity contribution in [1.82, 2.24) is 10.3 Å². The van der Waals surface area contributed by atoms with E-state index in [0.29, 0.717) is 28.0 Å². The van der Waals surface area contributed by atoms with Gasteiger partial charge in [0, 0.05) is 29.0 Å². The fourth-order valence-electron chi connectivity index (χ4n) is 3.34. The molecule has 1 aliphatic rings. The van der Waals surface area contributed by atoms with E-state index in [-0.39, 0.29) is 18.4 Å². The Hall–Kier alpha value is -3.09. The molecule has 1 fully saturated rings. The maximum atomic E-state index is 13.3. The van der Waals surface area contributed by atoms with Crippen LogP contribution in [0.1, 0.15) is 5.56 Å². The van der Waals surface area contributed by atoms with Crippen LogP contribution in [0.4, 0.5) is 11.4 Å². The number of nitrogens with zero attached hydrogens (tertiary/aromatic N) is 3. The number of amides is 2. The van der Waals surface area contributed by atoms with Crippen molar-refractivity contribution < 1.29 is 9.59 Å². The van der Waals surface area contributed by atoms with Gasteiger partial charge in [-0.25, -0.2) is 5.01 Å². The van der Waals surface area contributed by atoms with Crippen LogP contribution in [0.15, 0.2) is 73.1 Å². The first-order chi connectivity index (χ1) is 14.5. The molecular weight excluding hydrogens is 423 g/mol. The van der Waals surface area contributed by atoms with E-state index >= 15 is 0 Å². The molecule has 4 rings (SSSR count). The maximum Gasteiger partial charge on any atom is 0.260 e. The lowest BCUT2D eigenvalue weighted by Gasteiger charge is -2.29. The number of hydrazine groups is 1. The van der Waals surface area contributed by atoms with Crippen molar-refractivity contribution in [3.05, 3.63) is 88.7 Å². The van der Waals surface area contributed by atoms with Gasteiger partial charge < -0.3 is 5.32 Å². The molecule has 152 valence electrons. The quantitative estimate of drug-likeness (QED) is 0.606. The van der Waals surface area contributed by atoms with E-state index in [9.17, 15) is 9.59 Å². The van der Waals surface area contributed by atoms with Gasteiger partial charge in [-0.2, -0.15) is 0 Å². The van der Waals surface area contributed by atoms with Crippen LogP contribution in [-0.2, 0) is 16.1 Å². The lowest BCUT2D eigenvalue weighted by Crippen LogP contribution is -2.40. The Bertz CT molecular complexity index is 1080. The monoisotopic (exact) mass is 440 g/mol. The highest BCUT2D eigenvalue weighted by Gasteiger charge is 2.43. The Morgan fingerprint density at radius 2 is 1.73 bits per heavy atom. The minimum Gasteiger partial charge on any atom is -0.351 e. The predicted octanol–water partition coefficient (Wildman–Crippen LogP) is 4.09. The lowest BCUT2D eigenvalue weighted by molar-refractivity contribution is -0.131. The van der Waals surface area contributed by atoms with Crippen LogP contribution in [0.2, 0.25) is 10.0 Å². The highest BCUT2D eigenvalue weighted by molar-refractivity contribution is 6.31. The SMILES string of the molecule is O=C(NCc1cccnc1)C1CN(c2cccc(Cl)c2)N(c2cccc(Cl)c2)C1=O. The van der Waals surface area contributed by atoms with Gasteiger partial charge in [0.25, 0.3) is 5.91 Å². The first kappa shape index (κ1) is 20.2. The number of hydrogen-bond acceptors (Lipinski definition) is 4. The van der Waals surface area contributed by atoms with E-state index in [1.807, 2.05) is 12.1 Å². The molecule has 0 aliphatic carbocycles. The largest absolute Gasteiger partial charge is 0.351 e. The summed E-state index contributed by atoms with van der Waals surface area (Å²) in [5.74, 6) is -1.55. The number of hydrogen-bond donors (Lipinski definition) is 1. The fourth-order valence-corrected chi connectivity index (χ4v) is 3.71. The molecule has 1 aromatic heterocycles. The summed E-state index contributed by atoms with van der Waals surface area (Å²) < 4.78 is 0. The fraction of sp³-hybridized carbons (Fsp3) is 0.136. The number of halogens is 2. The molecule has 3 aromatic rings. The van der Waals surface area contributed by atoms with E-state index in [1.54, 1.807) is 65.9 Å². The molecule has 30 heavy (non-hydrogen) atoms. The number of nitrogens with one attached hydrogen (secondary N) is 1. The summed E-state index contributed by atoms with van der Waals surface area (Å²) in [4.78, 5) is 30.2. The second-order valence-electron chi connectivity index (χ2n) is 6.82. The van der Waals surface area contributed by atoms with E-state index < -0.39 is 5.92 Å². The summed E-state index contributed by atoms with van der Waals surface area (Å²) in [6.07, 6.45) is 3.34. The first-order valence-corrected chi connectivity index (χ1v) is 10.1. The van der Waals surface area contributed by atoms with Gasteiger partial charge >= 0.3 is 0 Å². The summed E-state index contributed by atoms with van der Waals surface area (Å²) in [6, 6.07) is 17.8. The van der Waals surface area contributed by atoms with Crippen molar-refractivity contribution in [2.24, 2.45) is 5.92 Å². The zero-order valence-corrected chi connectivity index (χ0v) is 17.3. The molecule has 0 saturated carbocycles. The van der Waals surface area contributed by atoms with Crippen molar-refractivity contribution in [1.29, 1.82) is 0 Å². The van der Waals surface area contributed by atoms with Crippen LogP contribution in [0.5, 0.6) is 0 Å². The van der Waals surface area contributed by atoms with Crippen molar-refractivity contribution in [2.45, 2.75) is 6.54 Å². The number of carbonyl (C=O) groups excluding carboxylic acids is 2. The minimum absolute atomic E-state index is 0.185. The topological polar surface area (TPSA) is 65.5 Å². The van der Waals surface area contributed by atoms with Crippen LogP contribution < -0.4 is 15.3 Å². The molecule has 1 aliphatic heterocycles. The second kappa shape index (κ2) is 8.73. The maximum absolute atomic E-state index is 13.3. The third-order valence-electron chi connectivity index (χ3n) is 4.77. The molecule has 6 nitrogen and oxygen atoms in total. The number of anilines is 2. The number of benzene rings is 2. The van der Waals surface area contributed by atoms with E-state index in [1.165, 1.54) is 5.01 Å². The molecule has 1 unspecified atom stereocenters. The van der Waals surface area contributed by atoms with Crippen molar-refractivity contribution in [2.75, 3.05) is 16.6 Å². The number of rotatable bonds is 5. The molecule has 2 aromatic carbocycles. The van der Waals surface area contributed by atoms with Gasteiger partial charge in [0.15, 0.2) is 0 Å². The van der Waals surface area contributed by atoms with Gasteiger partial charge in [-0.3, -0.25) is 19.6 Å². The molecular formula is C22H18Cl2N4O2. The summed E-state index contributed by atoms with van der Waals surface area (Å²) in [6.45, 7) is 0.481. The highest BCUT2D eigenvalue weighted by Crippen LogP contribution is 2.33. The molecule has 0 radical (unpaired) electrons. The third kappa shape index (κ3) is 4.25. The first-order valence-electron chi connectivity index (χ1n) is 9.32. The number of pyridine rings is 1. The molecule has 0 bridgehead atoms. The third-order valence-corrected chi connectivity index (χ3v) is 5.24. The Labute approximate surface area is 184 Å². The average molecular weight is 441 g/mol. The van der Waals surface area contributed by atoms with Gasteiger partial charge in [-0.15, -0.1) is 0 Å². The van der Waals surface area contributed by atoms with Crippen molar-refractivity contribution in [3.8, 4) is 0 Å². The minimum atomic E-state index is -0.875. The molecule has 1 N–H and O–H groups in total. The second-order valence-corrected chi connectivity index (χ2v) is 7.70. The summed E-state index contributed by atoms with van der Waals surface area (Å²) in [5, 5.41) is 7.09. The van der Waals surface area contributed by atoms with Gasteiger partial charge in [-0.05, 0) is 48.0 Å². The Balaban J connectivity index is 1.62. The molecule has 1 atom stereocenters. The standard InChI is InChI=1S/C22H18Cl2N4O2/c23-16-5-1-7-18(10-16)27-14-20(21(29)26-13-15-4-3-9-25-12-15)22(30)28(27)19-8-2-6-17(24)11-19/h1-12,20H,13-14H2,(H,26,29). The van der Waals surface area contributed by atoms with Crippen LogP contribution >= 0.6 is 23.2 Å². The van der Waals surface area contributed by atoms with Crippen LogP contribution in [0.3, 0.4) is 0 Å². The van der Waals surface area contributed by atoms with Crippen LogP contribution in [0, 0.1) is 5.92 Å². The van der Waals surface area contributed by atoms with E-state index in [4.69, 9.17) is 23.2 Å². The van der Waals surface area contributed by atoms with Crippen LogP contribution in [0.25, 0.3) is 0 Å². The summed E-state index contributed by atoms with van der Waals surface area (Å²) in [7, 11) is 0. The Morgan fingerprint density at radius 1 is 1.03 bits per heavy atom. The van der Waals surface area contributed by atoms with Gasteiger partial charge in [0.1, 0.15) is 5.92 Å². The molecule has 2 amide bonds. The van der Waals surface area contributed by atoms with Crippen molar-refractivity contribution >= 4 is 46.4 Å². The summed E-state index contributed by atoms with van der Waals surface area (Å²) >= 11 is 12.3. The Kier molecular flexibility index (Phi) is 5.88. The number of aromatic nitrogens is 1. The lowest BCUT2D eigenvalue weighted by atomic mass is 10.1. The predicted molar refractivity (Wildman–Crippen MR) is 117 cm³/mol. The van der Waals surface area contributed by atoms with E-state index in [2.05, 4.69) is 10.3 Å². The van der Waals surface area contributed by atoms with Crippen LogP contribution in [-0.4, -0.2) is 23.3 Å². The molecule has 2 heterocycles. The average Bonchev–Trinajstić information content (AvgIpc) is 3.10. The van der Waals surface area contributed by atoms with E-state index in [0.717, 1.165) is 5.56 Å². The normalized spacial score (nSPS) is 16.1. The molecule has 1 saturated heterocycles. The molecule has 0 spiro atoms. The van der Waals surface area contributed by atoms with Crippen molar-refractivity contribution in [3.63, 3.8) is 0 Å². The molecule has 8 heteroatoms. The smallest absolute Gasteiger partial charge is 0.260 e. The zero-order valence-electron chi connectivity index (χ0n) is 15.8. The summed E-state index contributed by atoms with van der Waals surface area (Å²) in [5.41, 5.74) is 2.14. The Morgan fingerprint density at radius 3 is 2.40 bits per heavy atom. The highest BCUT2D eigenvalue weighted by atomic mass is 35.5.